The van der Waals surface area contributed by atoms with Gasteiger partial charge in [-0.1, -0.05) is 31.2 Å². The first-order valence-corrected chi connectivity index (χ1v) is 7.91. The number of aliphatic imine (C=N–C) groups is 1. The molecule has 0 fully saturated rings. The van der Waals surface area contributed by atoms with E-state index in [-0.39, 0.29) is 24.0 Å². The Kier molecular flexibility index (Phi) is 12.2. The van der Waals surface area contributed by atoms with Crippen LogP contribution in [0.15, 0.2) is 29.3 Å². The first kappa shape index (κ1) is 21.2. The van der Waals surface area contributed by atoms with Crippen molar-refractivity contribution in [1.29, 1.82) is 0 Å². The zero-order valence-corrected chi connectivity index (χ0v) is 16.7. The average Bonchev–Trinajstić information content (AvgIpc) is 2.49. The second-order valence-corrected chi connectivity index (χ2v) is 5.40. The predicted octanol–water partition coefficient (Wildman–Crippen LogP) is 2.87. The molecule has 4 nitrogen and oxygen atoms in total. The number of rotatable bonds is 8. The summed E-state index contributed by atoms with van der Waals surface area (Å²) in [5.74, 6) is 0.905. The lowest BCUT2D eigenvalue weighted by Gasteiger charge is -2.13. The van der Waals surface area contributed by atoms with Crippen LogP contribution < -0.4 is 10.6 Å². The summed E-state index contributed by atoms with van der Waals surface area (Å²) in [4.78, 5) is 6.89. The van der Waals surface area contributed by atoms with Crippen LogP contribution in [0.3, 0.4) is 0 Å². The Morgan fingerprint density at radius 2 is 1.77 bits per heavy atom. The van der Waals surface area contributed by atoms with Gasteiger partial charge in [-0.15, -0.1) is 24.0 Å². The Bertz CT molecular complexity index is 432. The van der Waals surface area contributed by atoms with Gasteiger partial charge >= 0.3 is 0 Å². The van der Waals surface area contributed by atoms with Gasteiger partial charge in [-0.3, -0.25) is 0 Å². The first-order chi connectivity index (χ1) is 10.2. The topological polar surface area (TPSA) is 39.7 Å². The molecule has 22 heavy (non-hydrogen) atoms. The molecule has 1 aromatic rings. The van der Waals surface area contributed by atoms with Gasteiger partial charge in [0.1, 0.15) is 0 Å². The molecule has 1 rings (SSSR count). The van der Waals surface area contributed by atoms with Gasteiger partial charge < -0.3 is 15.5 Å². The van der Waals surface area contributed by atoms with Crippen molar-refractivity contribution in [1.82, 2.24) is 15.5 Å². The summed E-state index contributed by atoms with van der Waals surface area (Å²) in [6.45, 7) is 7.93. The summed E-state index contributed by atoms with van der Waals surface area (Å²) >= 11 is 0. The van der Waals surface area contributed by atoms with Gasteiger partial charge in [0.05, 0.1) is 6.54 Å². The van der Waals surface area contributed by atoms with Crippen LogP contribution >= 0.6 is 24.0 Å². The second-order valence-electron chi connectivity index (χ2n) is 5.40. The van der Waals surface area contributed by atoms with Crippen LogP contribution in [0.25, 0.3) is 0 Å². The number of aryl methyl sites for hydroxylation is 1. The average molecular weight is 418 g/mol. The van der Waals surface area contributed by atoms with E-state index in [0.717, 1.165) is 45.0 Å². The molecule has 0 atom stereocenters. The van der Waals surface area contributed by atoms with E-state index in [1.165, 1.54) is 11.1 Å². The quantitative estimate of drug-likeness (QED) is 0.295. The molecule has 0 aliphatic rings. The molecule has 126 valence electrons. The molecule has 0 aromatic heterocycles. The van der Waals surface area contributed by atoms with E-state index in [1.54, 1.807) is 0 Å². The summed E-state index contributed by atoms with van der Waals surface area (Å²) in [7, 11) is 4.20. The normalized spacial score (nSPS) is 11.2. The van der Waals surface area contributed by atoms with E-state index >= 15 is 0 Å². The van der Waals surface area contributed by atoms with Crippen LogP contribution in [-0.2, 0) is 13.0 Å². The third-order valence-electron chi connectivity index (χ3n) is 3.33. The Labute approximate surface area is 152 Å². The van der Waals surface area contributed by atoms with Gasteiger partial charge in [-0.25, -0.2) is 4.99 Å². The van der Waals surface area contributed by atoms with Crippen molar-refractivity contribution >= 4 is 29.9 Å². The maximum atomic E-state index is 4.69. The smallest absolute Gasteiger partial charge is 0.191 e. The summed E-state index contributed by atoms with van der Waals surface area (Å²) < 4.78 is 0. The first-order valence-electron chi connectivity index (χ1n) is 7.91. The third-order valence-corrected chi connectivity index (χ3v) is 3.33. The van der Waals surface area contributed by atoms with Crippen LogP contribution in [0, 0.1) is 0 Å². The van der Waals surface area contributed by atoms with Gasteiger partial charge in [-0.05, 0) is 51.5 Å². The fourth-order valence-corrected chi connectivity index (χ4v) is 2.16. The highest BCUT2D eigenvalue weighted by atomic mass is 127. The molecule has 0 amide bonds. The fourth-order valence-electron chi connectivity index (χ4n) is 2.16. The Morgan fingerprint density at radius 3 is 2.36 bits per heavy atom. The predicted molar refractivity (Wildman–Crippen MR) is 107 cm³/mol. The SMILES string of the molecule is CCNC(=NCc1ccccc1CC)NCCCN(C)C.I. The van der Waals surface area contributed by atoms with Gasteiger partial charge in [-0.2, -0.15) is 0 Å². The van der Waals surface area contributed by atoms with E-state index in [9.17, 15) is 0 Å². The van der Waals surface area contributed by atoms with Crippen molar-refractivity contribution in [3.05, 3.63) is 35.4 Å². The summed E-state index contributed by atoms with van der Waals surface area (Å²) in [5, 5.41) is 6.70. The van der Waals surface area contributed by atoms with Crippen LogP contribution in [0.5, 0.6) is 0 Å². The zero-order valence-electron chi connectivity index (χ0n) is 14.4. The van der Waals surface area contributed by atoms with E-state index < -0.39 is 0 Å². The van der Waals surface area contributed by atoms with E-state index in [0.29, 0.717) is 0 Å². The lowest BCUT2D eigenvalue weighted by molar-refractivity contribution is 0.399. The standard InChI is InChI=1S/C17H30N4.HI/c1-5-15-10-7-8-11-16(15)14-20-17(18-6-2)19-12-9-13-21(3)4;/h7-8,10-11H,5-6,9,12-14H2,1-4H3,(H2,18,19,20);1H. The Hall–Kier alpha value is -0.820. The lowest BCUT2D eigenvalue weighted by atomic mass is 10.1. The van der Waals surface area contributed by atoms with Gasteiger partial charge in [0.2, 0.25) is 0 Å². The van der Waals surface area contributed by atoms with Crippen molar-refractivity contribution in [3.63, 3.8) is 0 Å². The van der Waals surface area contributed by atoms with Crippen LogP contribution in [0.1, 0.15) is 31.4 Å². The van der Waals surface area contributed by atoms with Crippen molar-refractivity contribution in [3.8, 4) is 0 Å². The molecule has 0 heterocycles. The maximum Gasteiger partial charge on any atom is 0.191 e. The number of halogens is 1. The molecule has 0 radical (unpaired) electrons. The molecule has 5 heteroatoms. The number of nitrogens with zero attached hydrogens (tertiary/aromatic N) is 2. The molecule has 0 aliphatic carbocycles. The molecule has 2 N–H and O–H groups in total. The maximum absolute atomic E-state index is 4.69. The zero-order chi connectivity index (χ0) is 15.5. The van der Waals surface area contributed by atoms with Gasteiger partial charge in [0, 0.05) is 13.1 Å². The minimum absolute atomic E-state index is 0. The van der Waals surface area contributed by atoms with Crippen LogP contribution in [-0.4, -0.2) is 44.6 Å². The van der Waals surface area contributed by atoms with Crippen molar-refractivity contribution in [2.75, 3.05) is 33.7 Å². The molecule has 0 spiro atoms. The Balaban J connectivity index is 0.00000441. The number of guanidine groups is 1. The van der Waals surface area contributed by atoms with Gasteiger partial charge in [0.15, 0.2) is 5.96 Å². The Morgan fingerprint density at radius 1 is 1.09 bits per heavy atom. The van der Waals surface area contributed by atoms with Crippen molar-refractivity contribution in [2.45, 2.75) is 33.2 Å². The monoisotopic (exact) mass is 418 g/mol. The number of hydrogen-bond acceptors (Lipinski definition) is 2. The third kappa shape index (κ3) is 8.58. The largest absolute Gasteiger partial charge is 0.357 e. The summed E-state index contributed by atoms with van der Waals surface area (Å²) in [6.07, 6.45) is 2.17. The highest BCUT2D eigenvalue weighted by molar-refractivity contribution is 14.0. The molecule has 0 bridgehead atoms. The number of benzene rings is 1. The number of nitrogens with one attached hydrogen (secondary N) is 2. The number of hydrogen-bond donors (Lipinski definition) is 2. The molecule has 0 saturated heterocycles. The molecule has 1 aromatic carbocycles. The lowest BCUT2D eigenvalue weighted by Crippen LogP contribution is -2.38. The van der Waals surface area contributed by atoms with Crippen molar-refractivity contribution in [2.24, 2.45) is 4.99 Å². The van der Waals surface area contributed by atoms with Gasteiger partial charge in [0.25, 0.3) is 0 Å². The van der Waals surface area contributed by atoms with Crippen LogP contribution in [0.2, 0.25) is 0 Å². The highest BCUT2D eigenvalue weighted by Gasteiger charge is 2.01. The summed E-state index contributed by atoms with van der Waals surface area (Å²) in [6, 6.07) is 8.53. The minimum atomic E-state index is 0. The summed E-state index contributed by atoms with van der Waals surface area (Å²) in [5.41, 5.74) is 2.69. The highest BCUT2D eigenvalue weighted by Crippen LogP contribution is 2.10. The fraction of sp³-hybridized carbons (Fsp3) is 0.588. The second kappa shape index (κ2) is 12.7. The van der Waals surface area contributed by atoms with E-state index in [1.807, 2.05) is 0 Å². The van der Waals surface area contributed by atoms with E-state index in [4.69, 9.17) is 0 Å². The minimum Gasteiger partial charge on any atom is -0.357 e. The molecule has 0 aliphatic heterocycles. The molecule has 0 saturated carbocycles. The molecular formula is C17H31IN4. The van der Waals surface area contributed by atoms with E-state index in [2.05, 4.69) is 72.7 Å². The molecular weight excluding hydrogens is 387 g/mol. The van der Waals surface area contributed by atoms with Crippen molar-refractivity contribution < 1.29 is 0 Å². The van der Waals surface area contributed by atoms with Crippen LogP contribution in [0.4, 0.5) is 0 Å². The molecule has 0 unspecified atom stereocenters.